The van der Waals surface area contributed by atoms with Gasteiger partial charge in [-0.3, -0.25) is 4.79 Å². The Bertz CT molecular complexity index is 788. The van der Waals surface area contributed by atoms with Gasteiger partial charge in [-0.2, -0.15) is 0 Å². The Balaban J connectivity index is 1.82. The van der Waals surface area contributed by atoms with E-state index < -0.39 is 5.41 Å². The normalized spacial score (nSPS) is 18.2. The molecular weight excluding hydrogens is 340 g/mol. The number of H-pyrrole nitrogens is 1. The van der Waals surface area contributed by atoms with Crippen molar-refractivity contribution < 1.29 is 9.53 Å². The minimum atomic E-state index is -0.662. The van der Waals surface area contributed by atoms with E-state index in [0.717, 1.165) is 28.8 Å². The van der Waals surface area contributed by atoms with E-state index >= 15 is 0 Å². The number of rotatable bonds is 5. The summed E-state index contributed by atoms with van der Waals surface area (Å²) in [5.74, 6) is 0.881. The molecule has 0 bridgehead atoms. The van der Waals surface area contributed by atoms with Gasteiger partial charge in [-0.15, -0.1) is 0 Å². The molecule has 2 aromatic rings. The molecule has 141 valence electrons. The van der Waals surface area contributed by atoms with Crippen molar-refractivity contribution >= 4 is 25.8 Å². The van der Waals surface area contributed by atoms with Crippen molar-refractivity contribution in [1.82, 2.24) is 9.97 Å². The maximum absolute atomic E-state index is 12.3. The minimum Gasteiger partial charge on any atom is -0.465 e. The zero-order chi connectivity index (χ0) is 18.9. The second kappa shape index (κ2) is 7.18. The van der Waals surface area contributed by atoms with Gasteiger partial charge in [0.1, 0.15) is 5.82 Å². The van der Waals surface area contributed by atoms with E-state index in [1.165, 1.54) is 24.9 Å². The van der Waals surface area contributed by atoms with Crippen molar-refractivity contribution in [3.05, 3.63) is 29.6 Å². The summed E-state index contributed by atoms with van der Waals surface area (Å²) in [6, 6.07) is 8.90. The van der Waals surface area contributed by atoms with Gasteiger partial charge < -0.3 is 9.72 Å². The first-order valence-corrected chi connectivity index (χ1v) is 12.1. The molecule has 5 heteroatoms. The zero-order valence-electron chi connectivity index (χ0n) is 16.7. The molecule has 1 N–H and O–H groups in total. The van der Waals surface area contributed by atoms with Crippen molar-refractivity contribution in [3.63, 3.8) is 0 Å². The minimum absolute atomic E-state index is 0.0878. The van der Waals surface area contributed by atoms with E-state index in [-0.39, 0.29) is 14.8 Å². The van der Waals surface area contributed by atoms with Crippen molar-refractivity contribution in [1.29, 1.82) is 0 Å². The molecule has 2 heterocycles. The molecule has 4 nitrogen and oxygen atoms in total. The summed E-state index contributed by atoms with van der Waals surface area (Å²) in [7, 11) is -0.0878. The van der Waals surface area contributed by atoms with E-state index in [9.17, 15) is 4.79 Å². The monoisotopic (exact) mass is 371 g/mol. The number of fused-ring (bicyclic) bond motifs is 1. The molecule has 0 amide bonds. The van der Waals surface area contributed by atoms with Crippen molar-refractivity contribution in [3.8, 4) is 0 Å². The zero-order valence-corrected chi connectivity index (χ0v) is 17.7. The first-order valence-electron chi connectivity index (χ1n) is 9.71. The highest BCUT2D eigenvalue weighted by molar-refractivity contribution is 6.57. The predicted octanol–water partition coefficient (Wildman–Crippen LogP) is 4.87. The molecule has 0 atom stereocenters. The third-order valence-electron chi connectivity index (χ3n) is 5.94. The van der Waals surface area contributed by atoms with Crippen LogP contribution in [0.4, 0.5) is 0 Å². The number of hydrogen-bond donors (Lipinski definition) is 1. The molecule has 1 aromatic carbocycles. The number of hydrogen-bond acceptors (Lipinski definition) is 3. The van der Waals surface area contributed by atoms with Crippen LogP contribution in [0.2, 0.25) is 18.6 Å². The summed E-state index contributed by atoms with van der Waals surface area (Å²) in [5, 5.41) is 0. The quantitative estimate of drug-likeness (QED) is 0.602. The predicted molar refractivity (Wildman–Crippen MR) is 108 cm³/mol. The van der Waals surface area contributed by atoms with Gasteiger partial charge in [-0.05, 0) is 43.9 Å². The molecular formula is C21H31N2O2Si. The summed E-state index contributed by atoms with van der Waals surface area (Å²) in [5.41, 5.74) is 2.65. The number of aromatic amines is 1. The van der Waals surface area contributed by atoms with Gasteiger partial charge in [0, 0.05) is 15.2 Å². The van der Waals surface area contributed by atoms with Gasteiger partial charge in [-0.25, -0.2) is 4.98 Å². The summed E-state index contributed by atoms with van der Waals surface area (Å²) >= 11 is 0. The first kappa shape index (κ1) is 19.1. The van der Waals surface area contributed by atoms with Gasteiger partial charge in [0.2, 0.25) is 0 Å². The topological polar surface area (TPSA) is 55.0 Å². The van der Waals surface area contributed by atoms with Gasteiger partial charge in [0.25, 0.3) is 0 Å². The van der Waals surface area contributed by atoms with Crippen molar-refractivity contribution in [2.45, 2.75) is 71.0 Å². The summed E-state index contributed by atoms with van der Waals surface area (Å²) < 4.78 is 5.24. The molecule has 0 unspecified atom stereocenters. The highest BCUT2D eigenvalue weighted by Gasteiger charge is 2.33. The van der Waals surface area contributed by atoms with Crippen LogP contribution in [-0.2, 0) is 21.4 Å². The summed E-state index contributed by atoms with van der Waals surface area (Å²) in [6.45, 7) is 10.9. The van der Waals surface area contributed by atoms with Gasteiger partial charge in [0.15, 0.2) is 0 Å². The fraction of sp³-hybridized carbons (Fsp3) is 0.619. The number of benzene rings is 1. The Morgan fingerprint density at radius 3 is 2.69 bits per heavy atom. The third kappa shape index (κ3) is 3.87. The number of nitrogens with one attached hydrogen (secondary N) is 1. The SMILES string of the molecule is CCOC(=O)C(C)(C)c1ccc2nc(CC3(C)CC[Si](C)CC3)[nH]c2c1. The fourth-order valence-corrected chi connectivity index (χ4v) is 6.14. The number of nitrogens with zero attached hydrogens (tertiary/aromatic N) is 1. The van der Waals surface area contributed by atoms with Gasteiger partial charge >= 0.3 is 5.97 Å². The number of imidazole rings is 1. The molecule has 0 spiro atoms. The number of ether oxygens (including phenoxy) is 1. The van der Waals surface area contributed by atoms with E-state index in [1.807, 2.05) is 32.9 Å². The molecule has 1 aliphatic heterocycles. The highest BCUT2D eigenvalue weighted by Crippen LogP contribution is 2.39. The maximum Gasteiger partial charge on any atom is 0.315 e. The van der Waals surface area contributed by atoms with Crippen molar-refractivity contribution in [2.75, 3.05) is 6.61 Å². The Morgan fingerprint density at radius 1 is 1.35 bits per heavy atom. The standard InChI is InChI=1S/C21H31N2O2Si/c1-6-25-19(24)20(2,3)15-7-8-16-17(13-15)23-18(22-16)14-21(4)9-11-26(5)12-10-21/h7-8,13H,6,9-12,14H2,1-5H3,(H,22,23). The van der Waals surface area contributed by atoms with Crippen LogP contribution in [-0.4, -0.2) is 31.3 Å². The summed E-state index contributed by atoms with van der Waals surface area (Å²) in [6.07, 6.45) is 3.64. The van der Waals surface area contributed by atoms with E-state index in [2.05, 4.69) is 24.5 Å². The van der Waals surface area contributed by atoms with E-state index in [1.54, 1.807) is 0 Å². The lowest BCUT2D eigenvalue weighted by Gasteiger charge is -2.35. The average molecular weight is 372 g/mol. The Morgan fingerprint density at radius 2 is 2.04 bits per heavy atom. The van der Waals surface area contributed by atoms with Crippen LogP contribution in [0.15, 0.2) is 18.2 Å². The van der Waals surface area contributed by atoms with E-state index in [4.69, 9.17) is 9.72 Å². The molecule has 1 aliphatic rings. The Hall–Kier alpha value is -1.62. The van der Waals surface area contributed by atoms with Gasteiger partial charge in [-0.1, -0.05) is 44.5 Å². The number of carbonyl (C=O) groups is 1. The van der Waals surface area contributed by atoms with Crippen LogP contribution in [0.5, 0.6) is 0 Å². The lowest BCUT2D eigenvalue weighted by Crippen LogP contribution is -2.31. The van der Waals surface area contributed by atoms with Crippen LogP contribution < -0.4 is 0 Å². The van der Waals surface area contributed by atoms with E-state index in [0.29, 0.717) is 12.0 Å². The van der Waals surface area contributed by atoms with Crippen LogP contribution in [0.25, 0.3) is 11.0 Å². The van der Waals surface area contributed by atoms with Crippen LogP contribution >= 0.6 is 0 Å². The summed E-state index contributed by atoms with van der Waals surface area (Å²) in [4.78, 5) is 20.6. The average Bonchev–Trinajstić information content (AvgIpc) is 2.98. The molecule has 1 radical (unpaired) electrons. The molecule has 26 heavy (non-hydrogen) atoms. The number of esters is 1. The lowest BCUT2D eigenvalue weighted by molar-refractivity contribution is -0.148. The smallest absolute Gasteiger partial charge is 0.315 e. The molecule has 1 fully saturated rings. The third-order valence-corrected chi connectivity index (χ3v) is 8.15. The molecule has 0 saturated carbocycles. The largest absolute Gasteiger partial charge is 0.465 e. The fourth-order valence-electron chi connectivity index (χ4n) is 3.83. The van der Waals surface area contributed by atoms with Crippen LogP contribution in [0, 0.1) is 5.41 Å². The molecule has 1 aromatic heterocycles. The van der Waals surface area contributed by atoms with Crippen LogP contribution in [0.3, 0.4) is 0 Å². The van der Waals surface area contributed by atoms with Crippen molar-refractivity contribution in [2.24, 2.45) is 5.41 Å². The molecule has 0 aliphatic carbocycles. The lowest BCUT2D eigenvalue weighted by atomic mass is 9.81. The second-order valence-corrected chi connectivity index (χ2v) is 11.6. The molecule has 1 saturated heterocycles. The van der Waals surface area contributed by atoms with Crippen LogP contribution in [0.1, 0.15) is 51.9 Å². The molecule has 3 rings (SSSR count). The Kier molecular flexibility index (Phi) is 5.29. The number of carbonyl (C=O) groups excluding carboxylic acids is 1. The van der Waals surface area contributed by atoms with Gasteiger partial charge in [0.05, 0.1) is 23.1 Å². The maximum atomic E-state index is 12.3. The Labute approximate surface area is 158 Å². The number of aromatic nitrogens is 2. The second-order valence-electron chi connectivity index (χ2n) is 8.71. The first-order chi connectivity index (χ1) is 12.2. The highest BCUT2D eigenvalue weighted by atomic mass is 28.3.